The van der Waals surface area contributed by atoms with Crippen LogP contribution in [-0.4, -0.2) is 9.97 Å². The molecule has 100 valence electrons. The van der Waals surface area contributed by atoms with Gasteiger partial charge in [-0.3, -0.25) is 0 Å². The number of halogens is 3. The standard InChI is InChI=1S/C14H8BrCl2N3/c15-8-1-2-13-12(3-8)14(19-7-18-13)20-11-5-9(16)4-10(17)6-11/h1-7H,(H,18,19,20). The van der Waals surface area contributed by atoms with Crippen LogP contribution >= 0.6 is 39.1 Å². The average molecular weight is 369 g/mol. The van der Waals surface area contributed by atoms with Crippen LogP contribution in [0.25, 0.3) is 10.9 Å². The first kappa shape index (κ1) is 13.6. The summed E-state index contributed by atoms with van der Waals surface area (Å²) in [5, 5.41) is 5.27. The second-order valence-electron chi connectivity index (χ2n) is 4.17. The molecule has 0 amide bonds. The lowest BCUT2D eigenvalue weighted by molar-refractivity contribution is 1.22. The number of benzene rings is 2. The summed E-state index contributed by atoms with van der Waals surface area (Å²) in [4.78, 5) is 8.51. The summed E-state index contributed by atoms with van der Waals surface area (Å²) >= 11 is 15.4. The fourth-order valence-corrected chi connectivity index (χ4v) is 2.78. The normalized spacial score (nSPS) is 10.8. The third-order valence-corrected chi connectivity index (χ3v) is 3.65. The highest BCUT2D eigenvalue weighted by atomic mass is 79.9. The van der Waals surface area contributed by atoms with Crippen molar-refractivity contribution in [2.45, 2.75) is 0 Å². The lowest BCUT2D eigenvalue weighted by Gasteiger charge is -2.09. The minimum atomic E-state index is 0.569. The van der Waals surface area contributed by atoms with Crippen LogP contribution in [0.4, 0.5) is 11.5 Å². The Labute approximate surface area is 134 Å². The van der Waals surface area contributed by atoms with Gasteiger partial charge in [0.25, 0.3) is 0 Å². The maximum atomic E-state index is 6.00. The van der Waals surface area contributed by atoms with Gasteiger partial charge < -0.3 is 5.32 Å². The molecule has 2 aromatic carbocycles. The molecule has 0 aliphatic heterocycles. The van der Waals surface area contributed by atoms with E-state index in [2.05, 4.69) is 31.2 Å². The summed E-state index contributed by atoms with van der Waals surface area (Å²) in [6.45, 7) is 0. The van der Waals surface area contributed by atoms with Crippen molar-refractivity contribution in [3.8, 4) is 0 Å². The summed E-state index contributed by atoms with van der Waals surface area (Å²) in [7, 11) is 0. The van der Waals surface area contributed by atoms with Gasteiger partial charge in [0.15, 0.2) is 0 Å². The highest BCUT2D eigenvalue weighted by Crippen LogP contribution is 2.28. The Hall–Kier alpha value is -1.36. The van der Waals surface area contributed by atoms with E-state index in [1.54, 1.807) is 18.2 Å². The van der Waals surface area contributed by atoms with E-state index in [4.69, 9.17) is 23.2 Å². The molecular formula is C14H8BrCl2N3. The predicted molar refractivity (Wildman–Crippen MR) is 87.0 cm³/mol. The molecule has 0 saturated heterocycles. The molecule has 0 fully saturated rings. The molecule has 0 radical (unpaired) electrons. The molecular weight excluding hydrogens is 361 g/mol. The number of aromatic nitrogens is 2. The van der Waals surface area contributed by atoms with E-state index in [0.29, 0.717) is 15.9 Å². The van der Waals surface area contributed by atoms with Crippen molar-refractivity contribution in [3.63, 3.8) is 0 Å². The van der Waals surface area contributed by atoms with Gasteiger partial charge in [-0.15, -0.1) is 0 Å². The Bertz CT molecular complexity index is 772. The van der Waals surface area contributed by atoms with Gasteiger partial charge in [-0.25, -0.2) is 9.97 Å². The van der Waals surface area contributed by atoms with Crippen molar-refractivity contribution in [3.05, 3.63) is 57.2 Å². The van der Waals surface area contributed by atoms with E-state index in [0.717, 1.165) is 21.1 Å². The molecule has 0 aliphatic carbocycles. The summed E-state index contributed by atoms with van der Waals surface area (Å²) in [6, 6.07) is 11.1. The molecule has 6 heteroatoms. The van der Waals surface area contributed by atoms with Gasteiger partial charge in [0.2, 0.25) is 0 Å². The average Bonchev–Trinajstić information content (AvgIpc) is 2.38. The van der Waals surface area contributed by atoms with Crippen LogP contribution in [0.15, 0.2) is 47.2 Å². The van der Waals surface area contributed by atoms with E-state index in [1.165, 1.54) is 6.33 Å². The highest BCUT2D eigenvalue weighted by Gasteiger charge is 2.06. The summed E-state index contributed by atoms with van der Waals surface area (Å²) in [6.07, 6.45) is 1.52. The lowest BCUT2D eigenvalue weighted by Crippen LogP contribution is -1.96. The van der Waals surface area contributed by atoms with Gasteiger partial charge in [-0.1, -0.05) is 39.1 Å². The van der Waals surface area contributed by atoms with Crippen molar-refractivity contribution < 1.29 is 0 Å². The molecule has 1 aromatic heterocycles. The first-order valence-electron chi connectivity index (χ1n) is 5.75. The molecule has 0 saturated carbocycles. The van der Waals surface area contributed by atoms with E-state index >= 15 is 0 Å². The molecule has 1 N–H and O–H groups in total. The van der Waals surface area contributed by atoms with Gasteiger partial charge in [0, 0.05) is 25.6 Å². The quantitative estimate of drug-likeness (QED) is 0.654. The molecule has 20 heavy (non-hydrogen) atoms. The number of anilines is 2. The fourth-order valence-electron chi connectivity index (χ4n) is 1.89. The number of hydrogen-bond donors (Lipinski definition) is 1. The van der Waals surface area contributed by atoms with Crippen molar-refractivity contribution in [2.75, 3.05) is 5.32 Å². The number of fused-ring (bicyclic) bond motifs is 1. The topological polar surface area (TPSA) is 37.8 Å². The molecule has 0 bridgehead atoms. The summed E-state index contributed by atoms with van der Waals surface area (Å²) in [5.74, 6) is 0.703. The van der Waals surface area contributed by atoms with E-state index < -0.39 is 0 Å². The molecule has 3 rings (SSSR count). The minimum Gasteiger partial charge on any atom is -0.340 e. The largest absolute Gasteiger partial charge is 0.340 e. The minimum absolute atomic E-state index is 0.569. The zero-order chi connectivity index (χ0) is 14.1. The van der Waals surface area contributed by atoms with E-state index in [-0.39, 0.29) is 0 Å². The number of nitrogens with zero attached hydrogens (tertiary/aromatic N) is 2. The van der Waals surface area contributed by atoms with Crippen molar-refractivity contribution in [1.82, 2.24) is 9.97 Å². The third-order valence-electron chi connectivity index (χ3n) is 2.72. The van der Waals surface area contributed by atoms with Crippen LogP contribution in [0.1, 0.15) is 0 Å². The second kappa shape index (κ2) is 5.56. The molecule has 0 spiro atoms. The Kier molecular flexibility index (Phi) is 3.78. The van der Waals surface area contributed by atoms with E-state index in [1.807, 2.05) is 18.2 Å². The van der Waals surface area contributed by atoms with Crippen LogP contribution in [0.5, 0.6) is 0 Å². The van der Waals surface area contributed by atoms with Gasteiger partial charge in [0.1, 0.15) is 12.1 Å². The second-order valence-corrected chi connectivity index (χ2v) is 5.96. The SMILES string of the molecule is Clc1cc(Cl)cc(Nc2ncnc3ccc(Br)cc23)c1. The van der Waals surface area contributed by atoms with Crippen LogP contribution in [0.2, 0.25) is 10.0 Å². The van der Waals surface area contributed by atoms with Gasteiger partial charge in [-0.2, -0.15) is 0 Å². The summed E-state index contributed by atoms with van der Waals surface area (Å²) in [5.41, 5.74) is 1.64. The maximum absolute atomic E-state index is 6.00. The molecule has 0 aliphatic rings. The Morgan fingerprint density at radius 1 is 0.950 bits per heavy atom. The van der Waals surface area contributed by atoms with Crippen molar-refractivity contribution >= 4 is 61.5 Å². The van der Waals surface area contributed by atoms with Crippen LogP contribution in [-0.2, 0) is 0 Å². The number of nitrogens with one attached hydrogen (secondary N) is 1. The summed E-state index contributed by atoms with van der Waals surface area (Å²) < 4.78 is 0.965. The Morgan fingerprint density at radius 2 is 1.70 bits per heavy atom. The first-order chi connectivity index (χ1) is 9.61. The lowest BCUT2D eigenvalue weighted by atomic mass is 10.2. The highest BCUT2D eigenvalue weighted by molar-refractivity contribution is 9.10. The molecule has 0 atom stereocenters. The molecule has 0 unspecified atom stereocenters. The molecule has 3 nitrogen and oxygen atoms in total. The molecule has 1 heterocycles. The molecule has 3 aromatic rings. The maximum Gasteiger partial charge on any atom is 0.141 e. The zero-order valence-corrected chi connectivity index (χ0v) is 13.2. The van der Waals surface area contributed by atoms with Crippen LogP contribution in [0.3, 0.4) is 0 Å². The monoisotopic (exact) mass is 367 g/mol. The number of hydrogen-bond acceptors (Lipinski definition) is 3. The van der Waals surface area contributed by atoms with Gasteiger partial charge >= 0.3 is 0 Å². The Morgan fingerprint density at radius 3 is 2.45 bits per heavy atom. The first-order valence-corrected chi connectivity index (χ1v) is 7.30. The van der Waals surface area contributed by atoms with Gasteiger partial charge in [0.05, 0.1) is 5.52 Å². The Balaban J connectivity index is 2.08. The van der Waals surface area contributed by atoms with E-state index in [9.17, 15) is 0 Å². The third kappa shape index (κ3) is 2.87. The van der Waals surface area contributed by atoms with Crippen molar-refractivity contribution in [2.24, 2.45) is 0 Å². The predicted octanol–water partition coefficient (Wildman–Crippen LogP) is 5.44. The number of rotatable bonds is 2. The fraction of sp³-hybridized carbons (Fsp3) is 0. The van der Waals surface area contributed by atoms with Crippen LogP contribution in [0, 0.1) is 0 Å². The van der Waals surface area contributed by atoms with Crippen molar-refractivity contribution in [1.29, 1.82) is 0 Å². The zero-order valence-electron chi connectivity index (χ0n) is 10.1. The van der Waals surface area contributed by atoms with Gasteiger partial charge in [-0.05, 0) is 36.4 Å². The smallest absolute Gasteiger partial charge is 0.141 e. The van der Waals surface area contributed by atoms with Crippen LogP contribution < -0.4 is 5.32 Å².